The number of rotatable bonds is 3. The molecule has 2 heterocycles. The molecule has 1 amide bonds. The average molecular weight is 379 g/mol. The van der Waals surface area contributed by atoms with Crippen LogP contribution in [0, 0.1) is 6.92 Å². The van der Waals surface area contributed by atoms with Gasteiger partial charge >= 0.3 is 0 Å². The number of benzene rings is 2. The lowest BCUT2D eigenvalue weighted by molar-refractivity contribution is 0.0980. The normalized spacial score (nSPS) is 13.2. The molecule has 0 unspecified atom stereocenters. The second-order valence-corrected chi connectivity index (χ2v) is 6.89. The number of fused-ring (bicyclic) bond motifs is 1. The summed E-state index contributed by atoms with van der Waals surface area (Å²) in [5.74, 6) is 0.958. The minimum absolute atomic E-state index is 0.116. The van der Waals surface area contributed by atoms with Gasteiger partial charge in [-0.1, -0.05) is 41.9 Å². The number of halogens is 1. The minimum Gasteiger partial charge on any atom is -0.339 e. The molecule has 136 valence electrons. The maximum absolute atomic E-state index is 13.2. The molecule has 0 saturated carbocycles. The zero-order chi connectivity index (χ0) is 18.8. The summed E-state index contributed by atoms with van der Waals surface area (Å²) in [7, 11) is 0. The smallest absolute Gasteiger partial charge is 0.277 e. The highest BCUT2D eigenvalue weighted by Gasteiger charge is 2.24. The largest absolute Gasteiger partial charge is 0.339 e. The Morgan fingerprint density at radius 3 is 2.74 bits per heavy atom. The highest BCUT2D eigenvalue weighted by Crippen LogP contribution is 2.29. The van der Waals surface area contributed by atoms with E-state index in [0.717, 1.165) is 24.2 Å². The number of carbonyl (C=O) groups is 1. The molecular formula is C21H19ClN4O. The highest BCUT2D eigenvalue weighted by atomic mass is 35.5. The lowest BCUT2D eigenvalue weighted by Crippen LogP contribution is -2.36. The molecule has 1 aromatic heterocycles. The van der Waals surface area contributed by atoms with Gasteiger partial charge in [-0.05, 0) is 43.5 Å². The second-order valence-electron chi connectivity index (χ2n) is 6.48. The van der Waals surface area contributed by atoms with Crippen LogP contribution in [0.1, 0.15) is 28.3 Å². The average Bonchev–Trinajstić information content (AvgIpc) is 2.68. The van der Waals surface area contributed by atoms with Crippen LogP contribution < -0.4 is 10.2 Å². The molecule has 1 aliphatic rings. The maximum atomic E-state index is 13.2. The van der Waals surface area contributed by atoms with E-state index in [4.69, 9.17) is 11.6 Å². The van der Waals surface area contributed by atoms with Crippen molar-refractivity contribution in [1.82, 2.24) is 9.97 Å². The van der Waals surface area contributed by atoms with Crippen LogP contribution in [0.25, 0.3) is 0 Å². The van der Waals surface area contributed by atoms with Gasteiger partial charge in [-0.25, -0.2) is 9.97 Å². The first-order chi connectivity index (χ1) is 13.1. The predicted molar refractivity (Wildman–Crippen MR) is 108 cm³/mol. The zero-order valence-electron chi connectivity index (χ0n) is 14.9. The van der Waals surface area contributed by atoms with Gasteiger partial charge in [-0.3, -0.25) is 4.79 Å². The summed E-state index contributed by atoms with van der Waals surface area (Å²) in [6.07, 6.45) is 1.93. The SMILES string of the molecule is Cc1nc(Nc2ccccc2Cl)cc(C(=O)N2CCCc3ccccc32)n1. The molecule has 0 bridgehead atoms. The summed E-state index contributed by atoms with van der Waals surface area (Å²) in [4.78, 5) is 23.7. The third-order valence-corrected chi connectivity index (χ3v) is 4.88. The number of nitrogens with zero attached hydrogens (tertiary/aromatic N) is 3. The first-order valence-corrected chi connectivity index (χ1v) is 9.26. The number of aryl methyl sites for hydroxylation is 2. The summed E-state index contributed by atoms with van der Waals surface area (Å²) < 4.78 is 0. The van der Waals surface area contributed by atoms with Crippen LogP contribution in [0.2, 0.25) is 5.02 Å². The van der Waals surface area contributed by atoms with Crippen LogP contribution in [0.4, 0.5) is 17.2 Å². The van der Waals surface area contributed by atoms with Crippen molar-refractivity contribution in [3.8, 4) is 0 Å². The van der Waals surface area contributed by atoms with Crippen molar-refractivity contribution in [2.75, 3.05) is 16.8 Å². The first-order valence-electron chi connectivity index (χ1n) is 8.89. The summed E-state index contributed by atoms with van der Waals surface area (Å²) >= 11 is 6.21. The van der Waals surface area contributed by atoms with Crippen molar-refractivity contribution >= 4 is 34.7 Å². The number of hydrogen-bond donors (Lipinski definition) is 1. The molecule has 0 atom stereocenters. The third kappa shape index (κ3) is 3.64. The van der Waals surface area contributed by atoms with E-state index >= 15 is 0 Å². The van der Waals surface area contributed by atoms with Crippen molar-refractivity contribution < 1.29 is 4.79 Å². The lowest BCUT2D eigenvalue weighted by atomic mass is 10.0. The van der Waals surface area contributed by atoms with Gasteiger partial charge in [0.2, 0.25) is 0 Å². The quantitative estimate of drug-likeness (QED) is 0.712. The van der Waals surface area contributed by atoms with Crippen LogP contribution in [-0.2, 0) is 6.42 Å². The van der Waals surface area contributed by atoms with Gasteiger partial charge in [-0.15, -0.1) is 0 Å². The molecule has 0 saturated heterocycles. The number of nitrogens with one attached hydrogen (secondary N) is 1. The fourth-order valence-corrected chi connectivity index (χ4v) is 3.51. The third-order valence-electron chi connectivity index (χ3n) is 4.55. The molecule has 4 rings (SSSR count). The molecule has 5 nitrogen and oxygen atoms in total. The first kappa shape index (κ1) is 17.5. The number of amides is 1. The van der Waals surface area contributed by atoms with E-state index in [1.54, 1.807) is 24.0 Å². The van der Waals surface area contributed by atoms with Crippen LogP contribution in [0.5, 0.6) is 0 Å². The number of aromatic nitrogens is 2. The number of anilines is 3. The summed E-state index contributed by atoms with van der Waals surface area (Å²) in [6, 6.07) is 17.1. The topological polar surface area (TPSA) is 58.1 Å². The molecule has 1 N–H and O–H groups in total. The maximum Gasteiger partial charge on any atom is 0.277 e. The predicted octanol–water partition coefficient (Wildman–Crippen LogP) is 4.78. The minimum atomic E-state index is -0.116. The van der Waals surface area contributed by atoms with E-state index in [1.165, 1.54) is 5.56 Å². The Kier molecular flexibility index (Phi) is 4.77. The van der Waals surface area contributed by atoms with Crippen molar-refractivity contribution in [3.05, 3.63) is 76.7 Å². The van der Waals surface area contributed by atoms with Crippen LogP contribution in [0.3, 0.4) is 0 Å². The number of para-hydroxylation sites is 2. The molecule has 1 aliphatic heterocycles. The molecular weight excluding hydrogens is 360 g/mol. The Bertz CT molecular complexity index is 1000. The molecule has 0 spiro atoms. The second kappa shape index (κ2) is 7.37. The Morgan fingerprint density at radius 1 is 1.11 bits per heavy atom. The van der Waals surface area contributed by atoms with Gasteiger partial charge in [0.25, 0.3) is 5.91 Å². The molecule has 27 heavy (non-hydrogen) atoms. The van der Waals surface area contributed by atoms with E-state index in [2.05, 4.69) is 21.4 Å². The molecule has 2 aromatic carbocycles. The van der Waals surface area contributed by atoms with E-state index in [0.29, 0.717) is 28.9 Å². The highest BCUT2D eigenvalue weighted by molar-refractivity contribution is 6.33. The molecule has 0 aliphatic carbocycles. The van der Waals surface area contributed by atoms with Crippen molar-refractivity contribution in [2.24, 2.45) is 0 Å². The van der Waals surface area contributed by atoms with Crippen LogP contribution >= 0.6 is 11.6 Å². The zero-order valence-corrected chi connectivity index (χ0v) is 15.7. The van der Waals surface area contributed by atoms with Gasteiger partial charge in [0.05, 0.1) is 10.7 Å². The van der Waals surface area contributed by atoms with Crippen molar-refractivity contribution in [2.45, 2.75) is 19.8 Å². The summed E-state index contributed by atoms with van der Waals surface area (Å²) in [5.41, 5.74) is 3.26. The van der Waals surface area contributed by atoms with E-state index in [9.17, 15) is 4.79 Å². The van der Waals surface area contributed by atoms with Gasteiger partial charge in [0.1, 0.15) is 17.3 Å². The van der Waals surface area contributed by atoms with Crippen LogP contribution in [-0.4, -0.2) is 22.4 Å². The molecule has 0 fully saturated rings. The van der Waals surface area contributed by atoms with Crippen molar-refractivity contribution in [1.29, 1.82) is 0 Å². The van der Waals surface area contributed by atoms with Crippen molar-refractivity contribution in [3.63, 3.8) is 0 Å². The number of carbonyl (C=O) groups excluding carboxylic acids is 1. The van der Waals surface area contributed by atoms with E-state index < -0.39 is 0 Å². The fraction of sp³-hybridized carbons (Fsp3) is 0.190. The molecule has 0 radical (unpaired) electrons. The molecule has 3 aromatic rings. The van der Waals surface area contributed by atoms with Crippen LogP contribution in [0.15, 0.2) is 54.6 Å². The Hall–Kier alpha value is -2.92. The Labute approximate surface area is 163 Å². The molecule has 6 heteroatoms. The lowest BCUT2D eigenvalue weighted by Gasteiger charge is -2.29. The standard InChI is InChI=1S/C21H19ClN4O/c1-14-23-18(13-20(24-14)25-17-10-4-3-9-16(17)22)21(27)26-12-6-8-15-7-2-5-11-19(15)26/h2-5,7,9-11,13H,6,8,12H2,1H3,(H,23,24,25). The summed E-state index contributed by atoms with van der Waals surface area (Å²) in [6.45, 7) is 2.46. The van der Waals surface area contributed by atoms with E-state index in [1.807, 2.05) is 36.4 Å². The monoisotopic (exact) mass is 378 g/mol. The Morgan fingerprint density at radius 2 is 1.89 bits per heavy atom. The number of hydrogen-bond acceptors (Lipinski definition) is 4. The summed E-state index contributed by atoms with van der Waals surface area (Å²) in [5, 5.41) is 3.77. The van der Waals surface area contributed by atoms with E-state index in [-0.39, 0.29) is 5.91 Å². The van der Waals surface area contributed by atoms with Gasteiger partial charge in [0.15, 0.2) is 0 Å². The van der Waals surface area contributed by atoms with Gasteiger partial charge in [-0.2, -0.15) is 0 Å². The fourth-order valence-electron chi connectivity index (χ4n) is 3.32. The van der Waals surface area contributed by atoms with Gasteiger partial charge < -0.3 is 10.2 Å². The Balaban J connectivity index is 1.66. The van der Waals surface area contributed by atoms with Gasteiger partial charge in [0, 0.05) is 18.3 Å².